The molecule has 0 aromatic carbocycles. The van der Waals surface area contributed by atoms with Crippen molar-refractivity contribution in [3.8, 4) is 0 Å². The summed E-state index contributed by atoms with van der Waals surface area (Å²) >= 11 is 0. The number of hydrogen-bond donors (Lipinski definition) is 4. The highest BCUT2D eigenvalue weighted by molar-refractivity contribution is 5.96. The normalized spacial score (nSPS) is 28.5. The SMILES string of the molecule is C=CC1CC1(NC(=O)C1CC(O)CN1C(=O)C(NC(=O)OC(C)(C)C)C(C)(C)C)C(=O)O. The van der Waals surface area contributed by atoms with Crippen LogP contribution in [0.25, 0.3) is 0 Å². The number of likely N-dealkylation sites (tertiary alicyclic amines) is 1. The predicted molar refractivity (Wildman–Crippen MR) is 116 cm³/mol. The van der Waals surface area contributed by atoms with Crippen molar-refractivity contribution in [3.63, 3.8) is 0 Å². The summed E-state index contributed by atoms with van der Waals surface area (Å²) in [6.07, 6.45) is -0.0718. The second-order valence-corrected chi connectivity index (χ2v) is 10.7. The van der Waals surface area contributed by atoms with Gasteiger partial charge >= 0.3 is 12.1 Å². The Bertz CT molecular complexity index is 798. The molecule has 0 radical (unpaired) electrons. The summed E-state index contributed by atoms with van der Waals surface area (Å²) in [4.78, 5) is 51.7. The van der Waals surface area contributed by atoms with Gasteiger partial charge in [-0.3, -0.25) is 9.59 Å². The molecule has 1 saturated carbocycles. The number of ether oxygens (including phenoxy) is 1. The van der Waals surface area contributed by atoms with Crippen LogP contribution in [0.4, 0.5) is 4.79 Å². The number of rotatable bonds is 6. The Kier molecular flexibility index (Phi) is 6.99. The molecular formula is C22H35N3O7. The van der Waals surface area contributed by atoms with Gasteiger partial charge in [-0.1, -0.05) is 26.8 Å². The minimum absolute atomic E-state index is 0.0324. The summed E-state index contributed by atoms with van der Waals surface area (Å²) in [5.41, 5.74) is -2.94. The number of carbonyl (C=O) groups excluding carboxylic acids is 3. The molecule has 0 aromatic rings. The third-order valence-electron chi connectivity index (χ3n) is 5.67. The number of β-amino-alcohol motifs (C(OH)–C–C–N with tert-alkyl or cyclic N) is 1. The summed E-state index contributed by atoms with van der Waals surface area (Å²) in [7, 11) is 0. The number of carboxylic acid groups (broad SMARTS) is 1. The lowest BCUT2D eigenvalue weighted by Gasteiger charge is -2.35. The Morgan fingerprint density at radius 2 is 1.78 bits per heavy atom. The Morgan fingerprint density at radius 3 is 2.22 bits per heavy atom. The smallest absolute Gasteiger partial charge is 0.408 e. The molecule has 2 aliphatic rings. The van der Waals surface area contributed by atoms with E-state index < -0.39 is 64.5 Å². The van der Waals surface area contributed by atoms with Gasteiger partial charge in [0, 0.05) is 18.9 Å². The first-order valence-electron chi connectivity index (χ1n) is 10.7. The number of aliphatic hydroxyl groups is 1. The molecule has 10 heteroatoms. The van der Waals surface area contributed by atoms with Crippen LogP contribution in [0.2, 0.25) is 0 Å². The molecule has 1 saturated heterocycles. The van der Waals surface area contributed by atoms with Crippen LogP contribution in [-0.2, 0) is 19.1 Å². The average molecular weight is 454 g/mol. The van der Waals surface area contributed by atoms with E-state index >= 15 is 0 Å². The molecule has 5 atom stereocenters. The van der Waals surface area contributed by atoms with Crippen molar-refractivity contribution < 1.29 is 34.1 Å². The van der Waals surface area contributed by atoms with Crippen molar-refractivity contribution in [1.82, 2.24) is 15.5 Å². The lowest BCUT2D eigenvalue weighted by atomic mass is 9.85. The lowest BCUT2D eigenvalue weighted by molar-refractivity contribution is -0.146. The molecule has 2 rings (SSSR count). The Morgan fingerprint density at radius 1 is 1.19 bits per heavy atom. The molecule has 0 spiro atoms. The maximum absolute atomic E-state index is 13.4. The first-order chi connectivity index (χ1) is 14.5. The van der Waals surface area contributed by atoms with E-state index in [9.17, 15) is 29.4 Å². The van der Waals surface area contributed by atoms with Crippen LogP contribution in [0.1, 0.15) is 54.4 Å². The number of aliphatic hydroxyl groups excluding tert-OH is 1. The molecule has 32 heavy (non-hydrogen) atoms. The fourth-order valence-corrected chi connectivity index (χ4v) is 3.86. The Labute approximate surface area is 188 Å². The van der Waals surface area contributed by atoms with E-state index in [1.165, 1.54) is 11.0 Å². The minimum atomic E-state index is -1.45. The van der Waals surface area contributed by atoms with Crippen LogP contribution in [0, 0.1) is 11.3 Å². The Hall–Kier alpha value is -2.62. The monoisotopic (exact) mass is 453 g/mol. The number of nitrogens with zero attached hydrogens (tertiary/aromatic N) is 1. The topological polar surface area (TPSA) is 145 Å². The predicted octanol–water partition coefficient (Wildman–Crippen LogP) is 1.03. The lowest BCUT2D eigenvalue weighted by Crippen LogP contribution is -2.59. The van der Waals surface area contributed by atoms with E-state index in [2.05, 4.69) is 17.2 Å². The van der Waals surface area contributed by atoms with Crippen LogP contribution < -0.4 is 10.6 Å². The largest absolute Gasteiger partial charge is 0.479 e. The minimum Gasteiger partial charge on any atom is -0.479 e. The van der Waals surface area contributed by atoms with Crippen molar-refractivity contribution >= 4 is 23.9 Å². The van der Waals surface area contributed by atoms with Crippen molar-refractivity contribution in [2.45, 2.75) is 83.7 Å². The number of carboxylic acids is 1. The standard InChI is InChI=1S/C22H35N3O7/c1-8-12-10-22(12,18(29)30)24-16(27)14-9-13(26)11-25(14)17(28)15(20(2,3)4)23-19(31)32-21(5,6)7/h8,12-15,26H,1,9-11H2,2-7H3,(H,23,31)(H,24,27)(H,29,30). The van der Waals surface area contributed by atoms with E-state index in [1.807, 2.05) is 0 Å². The molecule has 0 bridgehead atoms. The van der Waals surface area contributed by atoms with Crippen LogP contribution in [-0.4, -0.2) is 74.9 Å². The molecule has 180 valence electrons. The van der Waals surface area contributed by atoms with Crippen molar-refractivity contribution in [3.05, 3.63) is 12.7 Å². The summed E-state index contributed by atoms with van der Waals surface area (Å²) in [6, 6.07) is -2.10. The van der Waals surface area contributed by atoms with Crippen molar-refractivity contribution in [2.75, 3.05) is 6.54 Å². The molecule has 0 aromatic heterocycles. The fourth-order valence-electron chi connectivity index (χ4n) is 3.86. The van der Waals surface area contributed by atoms with Crippen molar-refractivity contribution in [1.29, 1.82) is 0 Å². The number of nitrogens with one attached hydrogen (secondary N) is 2. The number of alkyl carbamates (subject to hydrolysis) is 1. The highest BCUT2D eigenvalue weighted by Crippen LogP contribution is 2.44. The van der Waals surface area contributed by atoms with Gasteiger partial charge in [0.15, 0.2) is 0 Å². The number of hydrogen-bond acceptors (Lipinski definition) is 6. The summed E-state index contributed by atoms with van der Waals surface area (Å²) in [6.45, 7) is 13.9. The van der Waals surface area contributed by atoms with E-state index in [-0.39, 0.29) is 19.4 Å². The quantitative estimate of drug-likeness (QED) is 0.440. The first kappa shape index (κ1) is 25.6. The van der Waals surface area contributed by atoms with Gasteiger partial charge in [-0.05, 0) is 32.6 Å². The molecule has 1 aliphatic carbocycles. The molecule has 3 amide bonds. The molecule has 10 nitrogen and oxygen atoms in total. The van der Waals surface area contributed by atoms with Gasteiger partial charge in [0.25, 0.3) is 0 Å². The summed E-state index contributed by atoms with van der Waals surface area (Å²) < 4.78 is 5.27. The van der Waals surface area contributed by atoms with Crippen molar-refractivity contribution in [2.24, 2.45) is 11.3 Å². The van der Waals surface area contributed by atoms with Crippen LogP contribution in [0.3, 0.4) is 0 Å². The highest BCUT2D eigenvalue weighted by Gasteiger charge is 2.61. The van der Waals surface area contributed by atoms with Gasteiger partial charge in [0.1, 0.15) is 23.2 Å². The summed E-state index contributed by atoms with van der Waals surface area (Å²) in [5, 5.41) is 24.9. The number of aliphatic carboxylic acids is 1. The molecule has 1 heterocycles. The van der Waals surface area contributed by atoms with Gasteiger partial charge in [0.2, 0.25) is 11.8 Å². The second-order valence-electron chi connectivity index (χ2n) is 10.7. The molecule has 4 N–H and O–H groups in total. The zero-order valence-electron chi connectivity index (χ0n) is 19.6. The maximum atomic E-state index is 13.4. The van der Waals surface area contributed by atoms with Gasteiger partial charge in [0.05, 0.1) is 6.10 Å². The Balaban J connectivity index is 2.22. The third kappa shape index (κ3) is 5.59. The van der Waals surface area contributed by atoms with E-state index in [1.54, 1.807) is 41.5 Å². The van der Waals surface area contributed by atoms with E-state index in [0.717, 1.165) is 0 Å². The molecular weight excluding hydrogens is 418 g/mol. The third-order valence-corrected chi connectivity index (χ3v) is 5.67. The van der Waals surface area contributed by atoms with E-state index in [0.29, 0.717) is 0 Å². The van der Waals surface area contributed by atoms with Gasteiger partial charge in [-0.15, -0.1) is 6.58 Å². The van der Waals surface area contributed by atoms with Gasteiger partial charge in [-0.25, -0.2) is 9.59 Å². The van der Waals surface area contributed by atoms with Gasteiger partial charge < -0.3 is 30.5 Å². The maximum Gasteiger partial charge on any atom is 0.408 e. The van der Waals surface area contributed by atoms with Crippen LogP contribution in [0.5, 0.6) is 0 Å². The van der Waals surface area contributed by atoms with E-state index in [4.69, 9.17) is 4.74 Å². The summed E-state index contributed by atoms with van der Waals surface area (Å²) in [5.74, 6) is -2.80. The number of carbonyl (C=O) groups is 4. The van der Waals surface area contributed by atoms with Crippen LogP contribution in [0.15, 0.2) is 12.7 Å². The first-order valence-corrected chi connectivity index (χ1v) is 10.7. The molecule has 2 fully saturated rings. The molecule has 1 aliphatic heterocycles. The van der Waals surface area contributed by atoms with Gasteiger partial charge in [-0.2, -0.15) is 0 Å². The highest BCUT2D eigenvalue weighted by atomic mass is 16.6. The zero-order chi connectivity index (χ0) is 24.6. The second kappa shape index (κ2) is 8.73. The molecule has 5 unspecified atom stereocenters. The average Bonchev–Trinajstić information content (AvgIpc) is 3.20. The number of amides is 3. The van der Waals surface area contributed by atoms with Crippen LogP contribution >= 0.6 is 0 Å². The zero-order valence-corrected chi connectivity index (χ0v) is 19.6. The fraction of sp³-hybridized carbons (Fsp3) is 0.727.